The first-order valence-corrected chi connectivity index (χ1v) is 7.16. The van der Waals surface area contributed by atoms with E-state index in [9.17, 15) is 14.7 Å². The molecule has 1 aliphatic carbocycles. The number of carbonyl (C=O) groups is 2. The van der Waals surface area contributed by atoms with E-state index < -0.39 is 12.0 Å². The second-order valence-electron chi connectivity index (χ2n) is 5.84. The molecule has 0 aromatic carbocycles. The minimum atomic E-state index is -0.960. The van der Waals surface area contributed by atoms with Gasteiger partial charge in [0.25, 0.3) is 0 Å². The maximum Gasteiger partial charge on any atom is 0.326 e. The van der Waals surface area contributed by atoms with Gasteiger partial charge in [0.1, 0.15) is 6.04 Å². The van der Waals surface area contributed by atoms with Crippen LogP contribution < -0.4 is 5.32 Å². The minimum absolute atomic E-state index is 0.0728. The Labute approximate surface area is 115 Å². The van der Waals surface area contributed by atoms with Crippen LogP contribution in [0.15, 0.2) is 0 Å². The lowest BCUT2D eigenvalue weighted by Gasteiger charge is -2.30. The Morgan fingerprint density at radius 2 is 1.89 bits per heavy atom. The Bertz CT molecular complexity index is 327. The molecule has 1 rings (SSSR count). The van der Waals surface area contributed by atoms with Crippen LogP contribution in [0.4, 0.5) is 4.79 Å². The minimum Gasteiger partial charge on any atom is -0.480 e. The van der Waals surface area contributed by atoms with Gasteiger partial charge in [-0.15, -0.1) is 0 Å². The summed E-state index contributed by atoms with van der Waals surface area (Å²) >= 11 is 0. The molecule has 19 heavy (non-hydrogen) atoms. The summed E-state index contributed by atoms with van der Waals surface area (Å²) in [6.07, 6.45) is 3.07. The van der Waals surface area contributed by atoms with Crippen LogP contribution in [0.2, 0.25) is 0 Å². The number of nitrogens with zero attached hydrogens (tertiary/aromatic N) is 1. The highest BCUT2D eigenvalue weighted by molar-refractivity contribution is 5.83. The number of amides is 2. The average Bonchev–Trinajstić information content (AvgIpc) is 3.14. The molecule has 0 heterocycles. The maximum absolute atomic E-state index is 12.2. The standard InChI is InChI=1S/C14H26N2O3/c1-5-10(4)12(13(17)18)15-14(19)16(9(2)3)8-11-6-7-11/h9-12H,5-8H2,1-4H3,(H,15,19)(H,17,18)/t10?,12-/m0/s1. The quantitative estimate of drug-likeness (QED) is 0.746. The summed E-state index contributed by atoms with van der Waals surface area (Å²) in [5, 5.41) is 11.9. The van der Waals surface area contributed by atoms with Crippen molar-refractivity contribution in [2.45, 2.75) is 59.0 Å². The molecule has 0 aliphatic heterocycles. The fourth-order valence-electron chi connectivity index (χ4n) is 2.01. The number of rotatable bonds is 7. The molecule has 1 aliphatic rings. The zero-order chi connectivity index (χ0) is 14.6. The van der Waals surface area contributed by atoms with Crippen molar-refractivity contribution in [3.8, 4) is 0 Å². The summed E-state index contributed by atoms with van der Waals surface area (Å²) in [6, 6.07) is -0.973. The summed E-state index contributed by atoms with van der Waals surface area (Å²) in [4.78, 5) is 25.2. The van der Waals surface area contributed by atoms with Gasteiger partial charge in [0.2, 0.25) is 0 Å². The van der Waals surface area contributed by atoms with Gasteiger partial charge in [-0.1, -0.05) is 20.3 Å². The number of hydrogen-bond acceptors (Lipinski definition) is 2. The van der Waals surface area contributed by atoms with Gasteiger partial charge in [0.15, 0.2) is 0 Å². The highest BCUT2D eigenvalue weighted by Gasteiger charge is 2.31. The molecular weight excluding hydrogens is 244 g/mol. The first kappa shape index (κ1) is 15.8. The van der Waals surface area contributed by atoms with Crippen LogP contribution in [0.5, 0.6) is 0 Å². The number of aliphatic carboxylic acids is 1. The van der Waals surface area contributed by atoms with Gasteiger partial charge in [-0.2, -0.15) is 0 Å². The molecule has 1 unspecified atom stereocenters. The van der Waals surface area contributed by atoms with Gasteiger partial charge in [-0.25, -0.2) is 9.59 Å². The molecule has 1 saturated carbocycles. The summed E-state index contributed by atoms with van der Waals surface area (Å²) < 4.78 is 0. The van der Waals surface area contributed by atoms with Crippen molar-refractivity contribution in [3.63, 3.8) is 0 Å². The lowest BCUT2D eigenvalue weighted by Crippen LogP contribution is -2.52. The molecule has 1 fully saturated rings. The highest BCUT2D eigenvalue weighted by atomic mass is 16.4. The molecule has 0 aromatic rings. The Balaban J connectivity index is 2.64. The summed E-state index contributed by atoms with van der Waals surface area (Å²) in [5.74, 6) is -0.436. The van der Waals surface area contributed by atoms with Gasteiger partial charge in [-0.3, -0.25) is 0 Å². The van der Waals surface area contributed by atoms with Crippen LogP contribution in [-0.4, -0.2) is 40.6 Å². The Kier molecular flexibility index (Phi) is 5.63. The number of carboxylic acid groups (broad SMARTS) is 1. The predicted molar refractivity (Wildman–Crippen MR) is 74.0 cm³/mol. The summed E-state index contributed by atoms with van der Waals surface area (Å²) in [5.41, 5.74) is 0. The predicted octanol–water partition coefficient (Wildman–Crippen LogP) is 2.32. The highest BCUT2D eigenvalue weighted by Crippen LogP contribution is 2.30. The van der Waals surface area contributed by atoms with Crippen molar-refractivity contribution in [3.05, 3.63) is 0 Å². The van der Waals surface area contributed by atoms with Crippen molar-refractivity contribution < 1.29 is 14.7 Å². The third-order valence-corrected chi connectivity index (χ3v) is 3.79. The van der Waals surface area contributed by atoms with Crippen molar-refractivity contribution in [2.75, 3.05) is 6.54 Å². The topological polar surface area (TPSA) is 69.6 Å². The first-order valence-electron chi connectivity index (χ1n) is 7.16. The van der Waals surface area contributed by atoms with E-state index >= 15 is 0 Å². The molecule has 5 nitrogen and oxygen atoms in total. The van der Waals surface area contributed by atoms with Crippen molar-refractivity contribution in [1.29, 1.82) is 0 Å². The van der Waals surface area contributed by atoms with E-state index in [1.807, 2.05) is 27.7 Å². The molecule has 0 bridgehead atoms. The van der Waals surface area contributed by atoms with E-state index in [1.165, 1.54) is 12.8 Å². The van der Waals surface area contributed by atoms with Gasteiger partial charge >= 0.3 is 12.0 Å². The summed E-state index contributed by atoms with van der Waals surface area (Å²) in [6.45, 7) is 8.43. The third-order valence-electron chi connectivity index (χ3n) is 3.79. The van der Waals surface area contributed by atoms with Gasteiger partial charge < -0.3 is 15.3 Å². The fourth-order valence-corrected chi connectivity index (χ4v) is 2.01. The van der Waals surface area contributed by atoms with Crippen molar-refractivity contribution in [2.24, 2.45) is 11.8 Å². The van der Waals surface area contributed by atoms with E-state index in [0.29, 0.717) is 5.92 Å². The Hall–Kier alpha value is -1.26. The zero-order valence-electron chi connectivity index (χ0n) is 12.3. The lowest BCUT2D eigenvalue weighted by atomic mass is 9.99. The van der Waals surface area contributed by atoms with Crippen molar-refractivity contribution in [1.82, 2.24) is 10.2 Å². The second kappa shape index (κ2) is 6.78. The van der Waals surface area contributed by atoms with Crippen LogP contribution in [0.25, 0.3) is 0 Å². The van der Waals surface area contributed by atoms with Gasteiger partial charge in [0, 0.05) is 12.6 Å². The third kappa shape index (κ3) is 4.73. The van der Waals surface area contributed by atoms with Crippen LogP contribution in [-0.2, 0) is 4.79 Å². The van der Waals surface area contributed by atoms with Crippen molar-refractivity contribution >= 4 is 12.0 Å². The SMILES string of the molecule is CCC(C)[C@H](NC(=O)N(CC1CC1)C(C)C)C(=O)O. The molecule has 0 aromatic heterocycles. The molecule has 2 atom stereocenters. The van der Waals surface area contributed by atoms with E-state index in [2.05, 4.69) is 5.32 Å². The molecule has 0 radical (unpaired) electrons. The van der Waals surface area contributed by atoms with E-state index in [4.69, 9.17) is 0 Å². The lowest BCUT2D eigenvalue weighted by molar-refractivity contribution is -0.140. The molecule has 0 spiro atoms. The second-order valence-corrected chi connectivity index (χ2v) is 5.84. The Morgan fingerprint density at radius 3 is 2.26 bits per heavy atom. The molecule has 5 heteroatoms. The van der Waals surface area contributed by atoms with E-state index in [-0.39, 0.29) is 18.0 Å². The van der Waals surface area contributed by atoms with E-state index in [0.717, 1.165) is 13.0 Å². The number of hydrogen-bond donors (Lipinski definition) is 2. The summed E-state index contributed by atoms with van der Waals surface area (Å²) in [7, 11) is 0. The van der Waals surface area contributed by atoms with Crippen LogP contribution in [0.3, 0.4) is 0 Å². The number of urea groups is 1. The maximum atomic E-state index is 12.2. The number of carbonyl (C=O) groups excluding carboxylic acids is 1. The zero-order valence-corrected chi connectivity index (χ0v) is 12.3. The molecule has 2 N–H and O–H groups in total. The van der Waals surface area contributed by atoms with Gasteiger partial charge in [0.05, 0.1) is 0 Å². The largest absolute Gasteiger partial charge is 0.480 e. The monoisotopic (exact) mass is 270 g/mol. The molecule has 2 amide bonds. The van der Waals surface area contributed by atoms with Crippen LogP contribution in [0, 0.1) is 11.8 Å². The molecule has 0 saturated heterocycles. The Morgan fingerprint density at radius 1 is 1.32 bits per heavy atom. The first-order chi connectivity index (χ1) is 8.86. The van der Waals surface area contributed by atoms with Crippen LogP contribution >= 0.6 is 0 Å². The van der Waals surface area contributed by atoms with E-state index in [1.54, 1.807) is 4.90 Å². The molecular formula is C14H26N2O3. The normalized spacial score (nSPS) is 17.9. The fraction of sp³-hybridized carbons (Fsp3) is 0.857. The smallest absolute Gasteiger partial charge is 0.326 e. The van der Waals surface area contributed by atoms with Crippen LogP contribution in [0.1, 0.15) is 47.0 Å². The van der Waals surface area contributed by atoms with Gasteiger partial charge in [-0.05, 0) is 38.5 Å². The average molecular weight is 270 g/mol. The number of carboxylic acids is 1. The number of nitrogens with one attached hydrogen (secondary N) is 1. The molecule has 110 valence electrons.